The maximum Gasteiger partial charge on any atom is 0.265 e. The Labute approximate surface area is 210 Å². The molecule has 2 aliphatic heterocycles. The molecule has 7 nitrogen and oxygen atoms in total. The zero-order chi connectivity index (χ0) is 25.1. The third-order valence-corrected chi connectivity index (χ3v) is 6.76. The molecule has 1 saturated heterocycles. The molecule has 0 spiro atoms. The molecular weight excluding hydrogens is 454 g/mol. The molecule has 3 aromatic rings. The van der Waals surface area contributed by atoms with Crippen molar-refractivity contribution >= 4 is 23.3 Å². The van der Waals surface area contributed by atoms with Crippen LogP contribution in [0.1, 0.15) is 38.8 Å². The van der Waals surface area contributed by atoms with Crippen molar-refractivity contribution < 1.29 is 19.1 Å². The number of carbonyl (C=O) groups excluding carboxylic acids is 3. The van der Waals surface area contributed by atoms with Gasteiger partial charge in [0.05, 0.1) is 12.2 Å². The first-order chi connectivity index (χ1) is 17.5. The predicted molar refractivity (Wildman–Crippen MR) is 137 cm³/mol. The number of nitrogens with zero attached hydrogens (tertiary/aromatic N) is 3. The fraction of sp³-hybridized carbons (Fsp3) is 0.276. The number of fused-ring (bicyclic) bond motifs is 1. The van der Waals surface area contributed by atoms with Crippen molar-refractivity contribution in [1.29, 1.82) is 0 Å². The summed E-state index contributed by atoms with van der Waals surface area (Å²) < 4.78 is 5.54. The van der Waals surface area contributed by atoms with Crippen molar-refractivity contribution in [3.05, 3.63) is 95.1 Å². The summed E-state index contributed by atoms with van der Waals surface area (Å²) in [6.45, 7) is 5.78. The lowest BCUT2D eigenvalue weighted by Gasteiger charge is -2.35. The average molecular weight is 484 g/mol. The normalized spacial score (nSPS) is 15.9. The molecule has 0 aliphatic carbocycles. The van der Waals surface area contributed by atoms with Crippen LogP contribution in [0.25, 0.3) is 0 Å². The summed E-state index contributed by atoms with van der Waals surface area (Å²) in [6, 6.07) is 22.9. The van der Waals surface area contributed by atoms with Gasteiger partial charge in [0, 0.05) is 43.9 Å². The van der Waals surface area contributed by atoms with E-state index in [1.807, 2.05) is 35.2 Å². The Morgan fingerprint density at radius 3 is 2.17 bits per heavy atom. The minimum absolute atomic E-state index is 0.0276. The zero-order valence-electron chi connectivity index (χ0n) is 20.4. The molecule has 0 aromatic heterocycles. The van der Waals surface area contributed by atoms with Gasteiger partial charge in [-0.15, -0.1) is 0 Å². The number of ether oxygens (including phenoxy) is 1. The molecule has 0 N–H and O–H groups in total. The van der Waals surface area contributed by atoms with Crippen molar-refractivity contribution in [2.24, 2.45) is 0 Å². The lowest BCUT2D eigenvalue weighted by atomic mass is 10.1. The van der Waals surface area contributed by atoms with E-state index in [4.69, 9.17) is 4.74 Å². The molecule has 0 atom stereocenters. The third kappa shape index (κ3) is 5.16. The smallest absolute Gasteiger partial charge is 0.265 e. The van der Waals surface area contributed by atoms with E-state index in [1.165, 1.54) is 12.5 Å². The Morgan fingerprint density at radius 2 is 1.47 bits per heavy atom. The van der Waals surface area contributed by atoms with Crippen LogP contribution in [-0.4, -0.2) is 60.2 Å². The van der Waals surface area contributed by atoms with Crippen LogP contribution in [0.3, 0.4) is 0 Å². The number of rotatable bonds is 6. The van der Waals surface area contributed by atoms with Crippen LogP contribution in [-0.2, 0) is 17.9 Å². The van der Waals surface area contributed by atoms with Gasteiger partial charge in [0.2, 0.25) is 0 Å². The first-order valence-electron chi connectivity index (χ1n) is 12.2. The second kappa shape index (κ2) is 10.3. The van der Waals surface area contributed by atoms with Crippen molar-refractivity contribution in [2.45, 2.75) is 20.0 Å². The number of hydrogen-bond acceptors (Lipinski definition) is 5. The SMILES string of the molecule is CC(=O)c1ccc2c(c1)N(Cc1ccc(C(=O)N3CCN(Cc4ccccc4)CC3)cc1)C(=O)CO2. The van der Waals surface area contributed by atoms with Gasteiger partial charge in [0.25, 0.3) is 11.8 Å². The average Bonchev–Trinajstić information content (AvgIpc) is 2.91. The van der Waals surface area contributed by atoms with Gasteiger partial charge in [-0.05, 0) is 48.4 Å². The van der Waals surface area contributed by atoms with Crippen molar-refractivity contribution in [3.8, 4) is 5.75 Å². The van der Waals surface area contributed by atoms with Crippen molar-refractivity contribution in [1.82, 2.24) is 9.80 Å². The van der Waals surface area contributed by atoms with E-state index in [2.05, 4.69) is 29.2 Å². The summed E-state index contributed by atoms with van der Waals surface area (Å²) in [5.74, 6) is 0.369. The molecular formula is C29H29N3O4. The summed E-state index contributed by atoms with van der Waals surface area (Å²) in [6.07, 6.45) is 0. The zero-order valence-corrected chi connectivity index (χ0v) is 20.4. The molecule has 7 heteroatoms. The van der Waals surface area contributed by atoms with Crippen molar-refractivity contribution in [2.75, 3.05) is 37.7 Å². The van der Waals surface area contributed by atoms with Crippen LogP contribution in [0.5, 0.6) is 5.75 Å². The van der Waals surface area contributed by atoms with Crippen LogP contribution >= 0.6 is 0 Å². The highest BCUT2D eigenvalue weighted by Gasteiger charge is 2.27. The van der Waals surface area contributed by atoms with Gasteiger partial charge >= 0.3 is 0 Å². The van der Waals surface area contributed by atoms with Gasteiger partial charge in [-0.1, -0.05) is 42.5 Å². The fourth-order valence-corrected chi connectivity index (χ4v) is 4.66. The number of anilines is 1. The Balaban J connectivity index is 1.22. The molecule has 2 amide bonds. The lowest BCUT2D eigenvalue weighted by Crippen LogP contribution is -2.48. The second-order valence-corrected chi connectivity index (χ2v) is 9.26. The summed E-state index contributed by atoms with van der Waals surface area (Å²) in [7, 11) is 0. The molecule has 2 aliphatic rings. The third-order valence-electron chi connectivity index (χ3n) is 6.76. The summed E-state index contributed by atoms with van der Waals surface area (Å²) in [4.78, 5) is 43.4. The van der Waals surface area contributed by atoms with Gasteiger partial charge in [0.15, 0.2) is 12.4 Å². The second-order valence-electron chi connectivity index (χ2n) is 9.26. The maximum atomic E-state index is 13.1. The quantitative estimate of drug-likeness (QED) is 0.499. The highest BCUT2D eigenvalue weighted by Crippen LogP contribution is 2.34. The number of benzene rings is 3. The Kier molecular flexibility index (Phi) is 6.82. The minimum Gasteiger partial charge on any atom is -0.482 e. The van der Waals surface area contributed by atoms with Crippen molar-refractivity contribution in [3.63, 3.8) is 0 Å². The number of amides is 2. The van der Waals surface area contributed by atoms with Crippen LogP contribution in [0.15, 0.2) is 72.8 Å². The fourth-order valence-electron chi connectivity index (χ4n) is 4.66. The monoisotopic (exact) mass is 483 g/mol. The predicted octanol–water partition coefficient (Wildman–Crippen LogP) is 3.77. The van der Waals surface area contributed by atoms with E-state index in [0.29, 0.717) is 42.2 Å². The molecule has 184 valence electrons. The highest BCUT2D eigenvalue weighted by atomic mass is 16.5. The topological polar surface area (TPSA) is 70.2 Å². The number of piperazine rings is 1. The molecule has 1 fully saturated rings. The number of Topliss-reactive ketones (excluding diaryl/α,β-unsaturated/α-hetero) is 1. The van der Waals surface area contributed by atoms with E-state index >= 15 is 0 Å². The Hall–Kier alpha value is -3.97. The number of hydrogen-bond donors (Lipinski definition) is 0. The lowest BCUT2D eigenvalue weighted by molar-refractivity contribution is -0.121. The van der Waals surface area contributed by atoms with E-state index in [9.17, 15) is 14.4 Å². The van der Waals surface area contributed by atoms with Gasteiger partial charge in [0.1, 0.15) is 5.75 Å². The summed E-state index contributed by atoms with van der Waals surface area (Å²) in [5, 5.41) is 0. The molecule has 0 radical (unpaired) electrons. The van der Waals surface area contributed by atoms with Crippen LogP contribution < -0.4 is 9.64 Å². The highest BCUT2D eigenvalue weighted by molar-refractivity contribution is 6.01. The van der Waals surface area contributed by atoms with Crippen LogP contribution in [0.4, 0.5) is 5.69 Å². The molecule has 2 heterocycles. The molecule has 0 bridgehead atoms. The van der Waals surface area contributed by atoms with E-state index in [0.717, 1.165) is 25.2 Å². The molecule has 0 saturated carbocycles. The first kappa shape index (κ1) is 23.8. The van der Waals surface area contributed by atoms with Gasteiger partial charge in [-0.2, -0.15) is 0 Å². The summed E-state index contributed by atoms with van der Waals surface area (Å²) >= 11 is 0. The number of ketones is 1. The van der Waals surface area contributed by atoms with E-state index < -0.39 is 0 Å². The summed E-state index contributed by atoms with van der Waals surface area (Å²) in [5.41, 5.74) is 3.94. The molecule has 0 unspecified atom stereocenters. The van der Waals surface area contributed by atoms with Gasteiger partial charge < -0.3 is 14.5 Å². The van der Waals surface area contributed by atoms with E-state index in [-0.39, 0.29) is 24.2 Å². The van der Waals surface area contributed by atoms with Crippen LogP contribution in [0.2, 0.25) is 0 Å². The van der Waals surface area contributed by atoms with Crippen LogP contribution in [0, 0.1) is 0 Å². The largest absolute Gasteiger partial charge is 0.482 e. The molecule has 36 heavy (non-hydrogen) atoms. The molecule has 3 aromatic carbocycles. The van der Waals surface area contributed by atoms with E-state index in [1.54, 1.807) is 23.1 Å². The molecule has 5 rings (SSSR count). The Bertz CT molecular complexity index is 1270. The minimum atomic E-state index is -0.170. The number of carbonyl (C=O) groups is 3. The first-order valence-corrected chi connectivity index (χ1v) is 12.2. The van der Waals surface area contributed by atoms with Gasteiger partial charge in [-0.25, -0.2) is 0 Å². The Morgan fingerprint density at radius 1 is 0.806 bits per heavy atom. The standard InChI is InChI=1S/C29H29N3O4/c1-21(33)25-11-12-27-26(17-25)32(28(34)20-36-27)19-23-7-9-24(10-8-23)29(35)31-15-13-30(14-16-31)18-22-5-3-2-4-6-22/h2-12,17H,13-16,18-20H2,1H3. The van der Waals surface area contributed by atoms with Gasteiger partial charge in [-0.3, -0.25) is 19.3 Å². The maximum absolute atomic E-state index is 13.1.